The van der Waals surface area contributed by atoms with Gasteiger partial charge in [-0.05, 0) is 19.1 Å². The number of oxime groups is 1. The number of carbonyl (C=O) groups excluding carboxylic acids is 1. The molecule has 0 amide bonds. The van der Waals surface area contributed by atoms with E-state index in [0.29, 0.717) is 12.1 Å². The highest BCUT2D eigenvalue weighted by atomic mass is 35.5. The number of benzene rings is 1. The Labute approximate surface area is 154 Å². The van der Waals surface area contributed by atoms with Crippen LogP contribution in [0.2, 0.25) is 5.02 Å². The lowest BCUT2D eigenvalue weighted by Crippen LogP contribution is -2.13. The standard InChI is InChI=1S/C16H16ClN3O5S/c1-8-6-11(19-25-8)13-12(26(3,23)24)5-4-9(14(13)17)15(21)10-7-18-20(2)16(10)22/h4-5,7-8,22H,6H2,1-3H3. The van der Waals surface area contributed by atoms with E-state index in [-0.39, 0.29) is 38.6 Å². The minimum absolute atomic E-state index is 0.0362. The van der Waals surface area contributed by atoms with Crippen molar-refractivity contribution in [1.29, 1.82) is 0 Å². The van der Waals surface area contributed by atoms with Gasteiger partial charge >= 0.3 is 0 Å². The molecule has 10 heteroatoms. The first-order chi connectivity index (χ1) is 12.1. The van der Waals surface area contributed by atoms with Gasteiger partial charge in [0.2, 0.25) is 11.7 Å². The molecular formula is C16H16ClN3O5S. The third-order valence-corrected chi connectivity index (χ3v) is 5.54. The molecule has 0 saturated heterocycles. The number of hydrogen-bond acceptors (Lipinski definition) is 7. The van der Waals surface area contributed by atoms with Crippen molar-refractivity contribution in [2.75, 3.05) is 6.26 Å². The fourth-order valence-electron chi connectivity index (χ4n) is 2.70. The molecule has 1 aliphatic heterocycles. The highest BCUT2D eigenvalue weighted by molar-refractivity contribution is 7.90. The minimum Gasteiger partial charge on any atom is -0.493 e. The minimum atomic E-state index is -3.62. The van der Waals surface area contributed by atoms with Crippen molar-refractivity contribution in [3.63, 3.8) is 0 Å². The Balaban J connectivity index is 2.20. The zero-order valence-corrected chi connectivity index (χ0v) is 15.8. The molecule has 0 saturated carbocycles. The molecule has 1 aromatic carbocycles. The van der Waals surface area contributed by atoms with Crippen molar-refractivity contribution in [3.8, 4) is 5.88 Å². The van der Waals surface area contributed by atoms with Gasteiger partial charge in [-0.1, -0.05) is 16.8 Å². The number of carbonyl (C=O) groups is 1. The van der Waals surface area contributed by atoms with Gasteiger partial charge in [0.15, 0.2) is 9.84 Å². The Morgan fingerprint density at radius 2 is 2.08 bits per heavy atom. The van der Waals surface area contributed by atoms with E-state index in [1.54, 1.807) is 6.92 Å². The normalized spacial score (nSPS) is 17.1. The number of nitrogens with zero attached hydrogens (tertiary/aromatic N) is 3. The van der Waals surface area contributed by atoms with Crippen molar-refractivity contribution in [1.82, 2.24) is 9.78 Å². The quantitative estimate of drug-likeness (QED) is 0.789. The summed E-state index contributed by atoms with van der Waals surface area (Å²) in [6, 6.07) is 2.62. The predicted molar refractivity (Wildman–Crippen MR) is 94.6 cm³/mol. The molecule has 2 heterocycles. The van der Waals surface area contributed by atoms with Crippen LogP contribution in [0.25, 0.3) is 0 Å². The van der Waals surface area contributed by atoms with Gasteiger partial charge in [-0.3, -0.25) is 4.79 Å². The fraction of sp³-hybridized carbons (Fsp3) is 0.312. The summed E-state index contributed by atoms with van der Waals surface area (Å²) in [6.07, 6.45) is 2.40. The molecule has 1 unspecified atom stereocenters. The van der Waals surface area contributed by atoms with Crippen molar-refractivity contribution in [2.24, 2.45) is 12.2 Å². The molecule has 0 spiro atoms. The van der Waals surface area contributed by atoms with E-state index in [4.69, 9.17) is 16.4 Å². The first-order valence-electron chi connectivity index (χ1n) is 7.62. The van der Waals surface area contributed by atoms with Crippen LogP contribution in [-0.4, -0.2) is 47.2 Å². The Morgan fingerprint density at radius 3 is 2.58 bits per heavy atom. The van der Waals surface area contributed by atoms with Gasteiger partial charge in [0.25, 0.3) is 0 Å². The molecule has 1 aromatic heterocycles. The van der Waals surface area contributed by atoms with Gasteiger partial charge in [0, 0.05) is 30.9 Å². The van der Waals surface area contributed by atoms with Crippen LogP contribution in [0, 0.1) is 0 Å². The van der Waals surface area contributed by atoms with Crippen LogP contribution in [0.4, 0.5) is 0 Å². The molecule has 0 bridgehead atoms. The predicted octanol–water partition coefficient (Wildman–Crippen LogP) is 1.93. The summed E-state index contributed by atoms with van der Waals surface area (Å²) in [5.74, 6) is -0.885. The topological polar surface area (TPSA) is 111 Å². The maximum Gasteiger partial charge on any atom is 0.220 e. The number of aromatic hydroxyl groups is 1. The second-order valence-electron chi connectivity index (χ2n) is 6.07. The zero-order chi connectivity index (χ0) is 19.2. The maximum atomic E-state index is 12.8. The molecule has 1 N–H and O–H groups in total. The lowest BCUT2D eigenvalue weighted by molar-refractivity contribution is 0.0995. The monoisotopic (exact) mass is 397 g/mol. The van der Waals surface area contributed by atoms with Gasteiger partial charge in [0.05, 0.1) is 21.8 Å². The third kappa shape index (κ3) is 3.08. The fourth-order valence-corrected chi connectivity index (χ4v) is 4.02. The molecule has 2 aromatic rings. The third-order valence-electron chi connectivity index (χ3n) is 4.01. The maximum absolute atomic E-state index is 12.8. The van der Waals surface area contributed by atoms with Crippen molar-refractivity contribution >= 4 is 32.9 Å². The summed E-state index contributed by atoms with van der Waals surface area (Å²) in [6.45, 7) is 1.78. The summed E-state index contributed by atoms with van der Waals surface area (Å²) < 4.78 is 25.5. The second-order valence-corrected chi connectivity index (χ2v) is 8.43. The first-order valence-corrected chi connectivity index (χ1v) is 9.89. The number of ketones is 1. The molecule has 1 atom stereocenters. The first kappa shape index (κ1) is 18.4. The largest absolute Gasteiger partial charge is 0.493 e. The summed E-state index contributed by atoms with van der Waals surface area (Å²) in [5.41, 5.74) is 0.505. The number of halogens is 1. The van der Waals surface area contributed by atoms with Crippen LogP contribution in [0.1, 0.15) is 34.8 Å². The Bertz CT molecular complexity index is 1040. The Morgan fingerprint density at radius 1 is 1.38 bits per heavy atom. The molecule has 138 valence electrons. The van der Waals surface area contributed by atoms with Gasteiger partial charge in [-0.2, -0.15) is 5.10 Å². The second kappa shape index (κ2) is 6.40. The molecule has 1 aliphatic rings. The number of sulfone groups is 1. The summed E-state index contributed by atoms with van der Waals surface area (Å²) in [7, 11) is -2.14. The highest BCUT2D eigenvalue weighted by Crippen LogP contribution is 2.33. The van der Waals surface area contributed by atoms with E-state index >= 15 is 0 Å². The summed E-state index contributed by atoms with van der Waals surface area (Å²) >= 11 is 6.42. The molecule has 0 aliphatic carbocycles. The van der Waals surface area contributed by atoms with Gasteiger partial charge in [0.1, 0.15) is 11.7 Å². The molecule has 26 heavy (non-hydrogen) atoms. The van der Waals surface area contributed by atoms with E-state index < -0.39 is 15.6 Å². The van der Waals surface area contributed by atoms with Crippen LogP contribution in [0.3, 0.4) is 0 Å². The van der Waals surface area contributed by atoms with Crippen molar-refractivity contribution in [3.05, 3.63) is 40.0 Å². The molecule has 0 fully saturated rings. The van der Waals surface area contributed by atoms with Crippen molar-refractivity contribution in [2.45, 2.75) is 24.3 Å². The SMILES string of the molecule is CC1CC(c2c(S(C)(=O)=O)ccc(C(=O)c3cnn(C)c3O)c2Cl)=NO1. The molecule has 0 radical (unpaired) electrons. The van der Waals surface area contributed by atoms with Crippen molar-refractivity contribution < 1.29 is 23.2 Å². The lowest BCUT2D eigenvalue weighted by atomic mass is 9.99. The van der Waals surface area contributed by atoms with Crippen LogP contribution in [0.5, 0.6) is 5.88 Å². The Hall–Kier alpha value is -2.39. The van der Waals surface area contributed by atoms with Crippen LogP contribution in [-0.2, 0) is 21.7 Å². The lowest BCUT2D eigenvalue weighted by Gasteiger charge is -2.13. The smallest absolute Gasteiger partial charge is 0.220 e. The average molecular weight is 398 g/mol. The number of aromatic nitrogens is 2. The van der Waals surface area contributed by atoms with E-state index in [2.05, 4.69) is 10.3 Å². The number of hydrogen-bond donors (Lipinski definition) is 1. The van der Waals surface area contributed by atoms with Gasteiger partial charge < -0.3 is 9.94 Å². The summed E-state index contributed by atoms with van der Waals surface area (Å²) in [5, 5.41) is 17.6. The molecule has 8 nitrogen and oxygen atoms in total. The Kier molecular flexibility index (Phi) is 4.53. The zero-order valence-electron chi connectivity index (χ0n) is 14.2. The van der Waals surface area contributed by atoms with E-state index in [0.717, 1.165) is 10.9 Å². The number of aryl methyl sites for hydroxylation is 1. The number of rotatable bonds is 4. The highest BCUT2D eigenvalue weighted by Gasteiger charge is 2.30. The van der Waals surface area contributed by atoms with E-state index in [1.807, 2.05) is 0 Å². The summed E-state index contributed by atoms with van der Waals surface area (Å²) in [4.78, 5) is 17.9. The van der Waals surface area contributed by atoms with E-state index in [1.165, 1.54) is 25.4 Å². The van der Waals surface area contributed by atoms with Crippen LogP contribution >= 0.6 is 11.6 Å². The molecule has 3 rings (SSSR count). The molecular weight excluding hydrogens is 382 g/mol. The van der Waals surface area contributed by atoms with E-state index in [9.17, 15) is 18.3 Å². The van der Waals surface area contributed by atoms with Crippen LogP contribution in [0.15, 0.2) is 28.4 Å². The van der Waals surface area contributed by atoms with Gasteiger partial charge in [-0.15, -0.1) is 0 Å². The van der Waals surface area contributed by atoms with Crippen LogP contribution < -0.4 is 0 Å². The average Bonchev–Trinajstić information content (AvgIpc) is 3.12. The van der Waals surface area contributed by atoms with Gasteiger partial charge in [-0.25, -0.2) is 13.1 Å².